The Labute approximate surface area is 214 Å². The number of nitrogens with zero attached hydrogens (tertiary/aromatic N) is 2. The van der Waals surface area contributed by atoms with E-state index in [1.165, 1.54) is 19.1 Å². The van der Waals surface area contributed by atoms with Gasteiger partial charge in [0.2, 0.25) is 11.8 Å². The number of esters is 1. The lowest BCUT2D eigenvalue weighted by molar-refractivity contribution is -0.153. The van der Waals surface area contributed by atoms with Gasteiger partial charge < -0.3 is 15.0 Å². The van der Waals surface area contributed by atoms with Crippen LogP contribution in [0.5, 0.6) is 0 Å². The van der Waals surface area contributed by atoms with Gasteiger partial charge in [-0.05, 0) is 36.8 Å². The minimum Gasteiger partial charge on any atom is -0.468 e. The Bertz CT molecular complexity index is 1160. The molecule has 0 aliphatic carbocycles. The molecule has 0 bridgehead atoms. The average molecular weight is 513 g/mol. The molecule has 2 N–H and O–H groups in total. The Kier molecular flexibility index (Phi) is 7.33. The number of methoxy groups -OCH3 is 1. The Balaban J connectivity index is 1.65. The number of carbonyl (C=O) groups excluding carboxylic acids is 4. The number of imide groups is 1. The van der Waals surface area contributed by atoms with Gasteiger partial charge in [0.15, 0.2) is 0 Å². The van der Waals surface area contributed by atoms with E-state index in [0.29, 0.717) is 17.3 Å². The highest BCUT2D eigenvalue weighted by atomic mass is 35.5. The zero-order chi connectivity index (χ0) is 26.0. The SMILES string of the molecule is CCN(C[C@H]1N[C@@](Cc2ccccc2)(C(=O)OC)[C@H]2C(=O)N(C)C(=O)[C@@H]12)C(=O)Nc1ccc(Cl)cc1. The van der Waals surface area contributed by atoms with Crippen LogP contribution in [0.25, 0.3) is 0 Å². The molecule has 0 unspecified atom stereocenters. The molecule has 0 spiro atoms. The van der Waals surface area contributed by atoms with Gasteiger partial charge >= 0.3 is 12.0 Å². The molecule has 0 radical (unpaired) electrons. The highest BCUT2D eigenvalue weighted by molar-refractivity contribution is 6.30. The predicted molar refractivity (Wildman–Crippen MR) is 134 cm³/mol. The number of likely N-dealkylation sites (N-methyl/N-ethyl adjacent to an activating group) is 1. The van der Waals surface area contributed by atoms with Crippen molar-refractivity contribution < 1.29 is 23.9 Å². The van der Waals surface area contributed by atoms with E-state index >= 15 is 0 Å². The lowest BCUT2D eigenvalue weighted by Crippen LogP contribution is -2.59. The van der Waals surface area contributed by atoms with Crippen molar-refractivity contribution >= 4 is 41.1 Å². The molecule has 2 aromatic carbocycles. The van der Waals surface area contributed by atoms with Crippen LogP contribution >= 0.6 is 11.6 Å². The van der Waals surface area contributed by atoms with E-state index in [9.17, 15) is 19.2 Å². The van der Waals surface area contributed by atoms with Gasteiger partial charge in [0.1, 0.15) is 5.54 Å². The quantitative estimate of drug-likeness (QED) is 0.436. The highest BCUT2D eigenvalue weighted by Gasteiger charge is 2.68. The molecule has 10 heteroatoms. The molecule has 4 rings (SSSR count). The van der Waals surface area contributed by atoms with E-state index in [1.54, 1.807) is 24.3 Å². The van der Waals surface area contributed by atoms with Crippen molar-refractivity contribution in [3.63, 3.8) is 0 Å². The van der Waals surface area contributed by atoms with E-state index in [0.717, 1.165) is 10.5 Å². The Morgan fingerprint density at radius 2 is 1.78 bits per heavy atom. The van der Waals surface area contributed by atoms with Crippen molar-refractivity contribution in [2.75, 3.05) is 32.6 Å². The van der Waals surface area contributed by atoms with E-state index in [1.807, 2.05) is 37.3 Å². The summed E-state index contributed by atoms with van der Waals surface area (Å²) in [5.74, 6) is -3.20. The van der Waals surface area contributed by atoms with Gasteiger partial charge in [-0.15, -0.1) is 0 Å². The first kappa shape index (κ1) is 25.7. The summed E-state index contributed by atoms with van der Waals surface area (Å²) in [7, 11) is 2.69. The molecule has 4 atom stereocenters. The third-order valence-electron chi connectivity index (χ3n) is 7.04. The zero-order valence-electron chi connectivity index (χ0n) is 20.4. The van der Waals surface area contributed by atoms with Gasteiger partial charge in [-0.3, -0.25) is 24.6 Å². The lowest BCUT2D eigenvalue weighted by atomic mass is 9.76. The van der Waals surface area contributed by atoms with Crippen LogP contribution in [0.1, 0.15) is 12.5 Å². The molecule has 2 aromatic rings. The summed E-state index contributed by atoms with van der Waals surface area (Å²) in [5.41, 5.74) is -0.0629. The van der Waals surface area contributed by atoms with Crippen molar-refractivity contribution in [3.8, 4) is 0 Å². The average Bonchev–Trinajstić information content (AvgIpc) is 3.32. The molecule has 0 aromatic heterocycles. The van der Waals surface area contributed by atoms with Crippen molar-refractivity contribution in [2.45, 2.75) is 24.9 Å². The second kappa shape index (κ2) is 10.3. The molecule has 2 aliphatic heterocycles. The fourth-order valence-corrected chi connectivity index (χ4v) is 5.40. The number of benzene rings is 2. The van der Waals surface area contributed by atoms with Gasteiger partial charge in [-0.1, -0.05) is 41.9 Å². The van der Waals surface area contributed by atoms with Crippen LogP contribution in [0.3, 0.4) is 0 Å². The number of carbonyl (C=O) groups is 4. The van der Waals surface area contributed by atoms with Crippen LogP contribution in [0, 0.1) is 11.8 Å². The molecule has 190 valence electrons. The molecule has 2 aliphatic rings. The summed E-state index contributed by atoms with van der Waals surface area (Å²) in [6.45, 7) is 2.27. The normalized spacial score (nSPS) is 25.0. The number of halogens is 1. The highest BCUT2D eigenvalue weighted by Crippen LogP contribution is 2.45. The fraction of sp³-hybridized carbons (Fsp3) is 0.385. The van der Waals surface area contributed by atoms with E-state index in [2.05, 4.69) is 10.6 Å². The first-order valence-corrected chi connectivity index (χ1v) is 12.1. The standard InChI is InChI=1S/C26H29ClN4O5/c1-4-31(25(35)28-18-12-10-17(27)11-13-18)15-19-20-21(23(33)30(2)22(20)32)26(29-19,24(34)36-3)14-16-8-6-5-7-9-16/h5-13,19-21,29H,4,14-15H2,1-3H3,(H,28,35)/t19-,20+,21-,26-/m1/s1. The molecule has 36 heavy (non-hydrogen) atoms. The lowest BCUT2D eigenvalue weighted by Gasteiger charge is -2.33. The van der Waals surface area contributed by atoms with Crippen LogP contribution in [0.4, 0.5) is 10.5 Å². The summed E-state index contributed by atoms with van der Waals surface area (Å²) >= 11 is 5.93. The number of rotatable bonds is 7. The second-order valence-electron chi connectivity index (χ2n) is 9.09. The third kappa shape index (κ3) is 4.56. The van der Waals surface area contributed by atoms with Crippen molar-refractivity contribution in [1.82, 2.24) is 15.1 Å². The first-order valence-electron chi connectivity index (χ1n) is 11.7. The maximum absolute atomic E-state index is 13.3. The summed E-state index contributed by atoms with van der Waals surface area (Å²) in [5, 5.41) is 6.67. The topological polar surface area (TPSA) is 108 Å². The minimum atomic E-state index is -1.45. The maximum Gasteiger partial charge on any atom is 0.327 e. The monoisotopic (exact) mass is 512 g/mol. The Morgan fingerprint density at radius 1 is 1.11 bits per heavy atom. The van der Waals surface area contributed by atoms with Gasteiger partial charge in [0.05, 0.1) is 18.9 Å². The Hall–Kier alpha value is -3.43. The van der Waals surface area contributed by atoms with Crippen LogP contribution in [-0.2, 0) is 25.5 Å². The smallest absolute Gasteiger partial charge is 0.327 e. The second-order valence-corrected chi connectivity index (χ2v) is 9.53. The van der Waals surface area contributed by atoms with E-state index in [-0.39, 0.29) is 24.9 Å². The number of amides is 4. The number of ether oxygens (including phenoxy) is 1. The molecule has 9 nitrogen and oxygen atoms in total. The van der Waals surface area contributed by atoms with Gasteiger partial charge in [-0.2, -0.15) is 0 Å². The van der Waals surface area contributed by atoms with E-state index in [4.69, 9.17) is 16.3 Å². The van der Waals surface area contributed by atoms with Crippen LogP contribution < -0.4 is 10.6 Å². The minimum absolute atomic E-state index is 0.109. The number of hydrogen-bond acceptors (Lipinski definition) is 6. The van der Waals surface area contributed by atoms with Gasteiger partial charge in [-0.25, -0.2) is 4.79 Å². The fourth-order valence-electron chi connectivity index (χ4n) is 5.28. The number of urea groups is 1. The number of anilines is 1. The largest absolute Gasteiger partial charge is 0.468 e. The number of nitrogens with one attached hydrogen (secondary N) is 2. The summed E-state index contributed by atoms with van der Waals surface area (Å²) in [6, 6.07) is 15.0. The van der Waals surface area contributed by atoms with Crippen LogP contribution in [0.15, 0.2) is 54.6 Å². The third-order valence-corrected chi connectivity index (χ3v) is 7.29. The molecule has 2 heterocycles. The molecular weight excluding hydrogens is 484 g/mol. The summed E-state index contributed by atoms with van der Waals surface area (Å²) in [6.07, 6.45) is 0.161. The van der Waals surface area contributed by atoms with E-state index < -0.39 is 35.3 Å². The van der Waals surface area contributed by atoms with Gasteiger partial charge in [0.25, 0.3) is 0 Å². The number of likely N-dealkylation sites (tertiary alicyclic amines) is 1. The van der Waals surface area contributed by atoms with Crippen LogP contribution in [0.2, 0.25) is 5.02 Å². The predicted octanol–water partition coefficient (Wildman–Crippen LogP) is 2.55. The Morgan fingerprint density at radius 3 is 2.39 bits per heavy atom. The van der Waals surface area contributed by atoms with Gasteiger partial charge in [0, 0.05) is 43.3 Å². The zero-order valence-corrected chi connectivity index (χ0v) is 21.1. The maximum atomic E-state index is 13.3. The molecule has 2 saturated heterocycles. The summed E-state index contributed by atoms with van der Waals surface area (Å²) < 4.78 is 5.17. The van der Waals surface area contributed by atoms with Crippen molar-refractivity contribution in [2.24, 2.45) is 11.8 Å². The molecule has 4 amide bonds. The molecular formula is C26H29ClN4O5. The van der Waals surface area contributed by atoms with Crippen molar-refractivity contribution in [3.05, 3.63) is 65.2 Å². The number of hydrogen-bond donors (Lipinski definition) is 2. The van der Waals surface area contributed by atoms with Crippen molar-refractivity contribution in [1.29, 1.82) is 0 Å². The summed E-state index contributed by atoms with van der Waals surface area (Å²) in [4.78, 5) is 55.4. The number of fused-ring (bicyclic) bond motifs is 1. The van der Waals surface area contributed by atoms with Crippen LogP contribution in [-0.4, -0.2) is 72.4 Å². The molecule has 2 fully saturated rings. The first-order chi connectivity index (χ1) is 17.2. The molecule has 0 saturated carbocycles.